The second kappa shape index (κ2) is 4.30. The molecule has 0 saturated carbocycles. The van der Waals surface area contributed by atoms with Crippen LogP contribution in [-0.4, -0.2) is 5.11 Å². The summed E-state index contributed by atoms with van der Waals surface area (Å²) in [7, 11) is 0. The zero-order chi connectivity index (χ0) is 12.6. The molecule has 1 aromatic carbocycles. The van der Waals surface area contributed by atoms with Crippen molar-refractivity contribution < 1.29 is 18.3 Å². The van der Waals surface area contributed by atoms with Crippen LogP contribution in [-0.2, 0) is 0 Å². The molecule has 4 heteroatoms. The van der Waals surface area contributed by atoms with Crippen LogP contribution in [0.25, 0.3) is 0 Å². The van der Waals surface area contributed by atoms with E-state index in [0.29, 0.717) is 17.1 Å². The molecule has 0 saturated heterocycles. The highest BCUT2D eigenvalue weighted by Crippen LogP contribution is 2.28. The summed E-state index contributed by atoms with van der Waals surface area (Å²) in [6.07, 6.45) is -1.09. The minimum atomic E-state index is -1.09. The molecule has 1 heterocycles. The van der Waals surface area contributed by atoms with Crippen molar-refractivity contribution in [1.29, 1.82) is 0 Å². The standard InChI is InChI=1S/C13H12F2O2/c1-7-3-12(8(2)17-7)13(16)9-4-10(14)6-11(15)5-9/h3-6,13,16H,1-2H3. The van der Waals surface area contributed by atoms with Gasteiger partial charge in [-0.05, 0) is 37.6 Å². The molecule has 0 radical (unpaired) electrons. The van der Waals surface area contributed by atoms with Gasteiger partial charge in [-0.2, -0.15) is 0 Å². The lowest BCUT2D eigenvalue weighted by molar-refractivity contribution is 0.217. The zero-order valence-electron chi connectivity index (χ0n) is 9.50. The molecule has 0 aliphatic rings. The van der Waals surface area contributed by atoms with Gasteiger partial charge in [0.2, 0.25) is 0 Å². The van der Waals surface area contributed by atoms with Crippen molar-refractivity contribution in [3.8, 4) is 0 Å². The van der Waals surface area contributed by atoms with E-state index in [1.54, 1.807) is 19.9 Å². The summed E-state index contributed by atoms with van der Waals surface area (Å²) in [4.78, 5) is 0. The van der Waals surface area contributed by atoms with Gasteiger partial charge in [0.25, 0.3) is 0 Å². The van der Waals surface area contributed by atoms with Gasteiger partial charge in [-0.25, -0.2) is 8.78 Å². The summed E-state index contributed by atoms with van der Waals surface area (Å²) in [5.74, 6) is -0.234. The van der Waals surface area contributed by atoms with E-state index < -0.39 is 17.7 Å². The third kappa shape index (κ3) is 2.36. The largest absolute Gasteiger partial charge is 0.466 e. The number of hydrogen-bond donors (Lipinski definition) is 1. The molecule has 17 heavy (non-hydrogen) atoms. The molecule has 2 aromatic rings. The van der Waals surface area contributed by atoms with Crippen molar-refractivity contribution in [2.45, 2.75) is 20.0 Å². The molecule has 2 rings (SSSR count). The van der Waals surface area contributed by atoms with E-state index in [4.69, 9.17) is 4.42 Å². The first-order chi connectivity index (χ1) is 7.97. The summed E-state index contributed by atoms with van der Waals surface area (Å²) >= 11 is 0. The third-order valence-electron chi connectivity index (χ3n) is 2.57. The lowest BCUT2D eigenvalue weighted by Gasteiger charge is -2.10. The van der Waals surface area contributed by atoms with E-state index in [1.165, 1.54) is 0 Å². The van der Waals surface area contributed by atoms with Gasteiger partial charge in [0.05, 0.1) is 0 Å². The first-order valence-corrected chi connectivity index (χ1v) is 5.18. The highest BCUT2D eigenvalue weighted by Gasteiger charge is 2.17. The molecule has 0 amide bonds. The number of aliphatic hydroxyl groups is 1. The SMILES string of the molecule is Cc1cc(C(O)c2cc(F)cc(F)c2)c(C)o1. The van der Waals surface area contributed by atoms with Crippen LogP contribution in [0.5, 0.6) is 0 Å². The zero-order valence-corrected chi connectivity index (χ0v) is 9.50. The Kier molecular flexibility index (Phi) is 2.98. The number of aryl methyl sites for hydroxylation is 2. The summed E-state index contributed by atoms with van der Waals surface area (Å²) < 4.78 is 31.3. The van der Waals surface area contributed by atoms with E-state index in [-0.39, 0.29) is 5.56 Å². The minimum absolute atomic E-state index is 0.173. The van der Waals surface area contributed by atoms with Crippen LogP contribution < -0.4 is 0 Å². The molecule has 1 N–H and O–H groups in total. The smallest absolute Gasteiger partial charge is 0.126 e. The maximum atomic E-state index is 13.0. The molecule has 90 valence electrons. The van der Waals surface area contributed by atoms with E-state index in [2.05, 4.69) is 0 Å². The van der Waals surface area contributed by atoms with Gasteiger partial charge >= 0.3 is 0 Å². The van der Waals surface area contributed by atoms with Gasteiger partial charge in [-0.15, -0.1) is 0 Å². The Bertz CT molecular complexity index is 526. The molecule has 1 unspecified atom stereocenters. The van der Waals surface area contributed by atoms with Crippen LogP contribution in [0.1, 0.15) is 28.8 Å². The van der Waals surface area contributed by atoms with Crippen LogP contribution in [0.2, 0.25) is 0 Å². The fraction of sp³-hybridized carbons (Fsp3) is 0.231. The number of aliphatic hydroxyl groups excluding tert-OH is 1. The summed E-state index contributed by atoms with van der Waals surface area (Å²) in [5, 5.41) is 10.0. The maximum absolute atomic E-state index is 13.0. The van der Waals surface area contributed by atoms with Crippen LogP contribution in [0, 0.1) is 25.5 Å². The summed E-state index contributed by atoms with van der Waals surface area (Å²) in [6, 6.07) is 4.64. The molecule has 2 nitrogen and oxygen atoms in total. The molecular weight excluding hydrogens is 226 g/mol. The average molecular weight is 238 g/mol. The fourth-order valence-corrected chi connectivity index (χ4v) is 1.83. The van der Waals surface area contributed by atoms with E-state index in [0.717, 1.165) is 18.2 Å². The molecule has 0 bridgehead atoms. The van der Waals surface area contributed by atoms with Crippen LogP contribution in [0.15, 0.2) is 28.7 Å². The van der Waals surface area contributed by atoms with Gasteiger partial charge in [-0.3, -0.25) is 0 Å². The number of hydrogen-bond acceptors (Lipinski definition) is 2. The lowest BCUT2D eigenvalue weighted by Crippen LogP contribution is -2.01. The minimum Gasteiger partial charge on any atom is -0.466 e. The monoisotopic (exact) mass is 238 g/mol. The van der Waals surface area contributed by atoms with Crippen LogP contribution in [0.4, 0.5) is 8.78 Å². The Morgan fingerprint density at radius 3 is 2.12 bits per heavy atom. The Morgan fingerprint density at radius 1 is 1.06 bits per heavy atom. The summed E-state index contributed by atoms with van der Waals surface area (Å²) in [5.41, 5.74) is 0.693. The average Bonchev–Trinajstić information content (AvgIpc) is 2.55. The number of halogens is 2. The van der Waals surface area contributed by atoms with Gasteiger partial charge in [-0.1, -0.05) is 0 Å². The third-order valence-corrected chi connectivity index (χ3v) is 2.57. The van der Waals surface area contributed by atoms with Crippen molar-refractivity contribution in [2.24, 2.45) is 0 Å². The molecule has 1 aromatic heterocycles. The lowest BCUT2D eigenvalue weighted by atomic mass is 10.0. The van der Waals surface area contributed by atoms with Crippen molar-refractivity contribution in [3.05, 3.63) is 58.5 Å². The van der Waals surface area contributed by atoms with E-state index in [9.17, 15) is 13.9 Å². The Balaban J connectivity index is 2.43. The van der Waals surface area contributed by atoms with Crippen molar-refractivity contribution in [1.82, 2.24) is 0 Å². The highest BCUT2D eigenvalue weighted by atomic mass is 19.1. The molecule has 0 aliphatic heterocycles. The molecule has 1 atom stereocenters. The van der Waals surface area contributed by atoms with Gasteiger partial charge in [0.15, 0.2) is 0 Å². The number of benzene rings is 1. The van der Waals surface area contributed by atoms with Gasteiger partial charge < -0.3 is 9.52 Å². The quantitative estimate of drug-likeness (QED) is 0.871. The number of furan rings is 1. The first-order valence-electron chi connectivity index (χ1n) is 5.18. The van der Waals surface area contributed by atoms with Crippen molar-refractivity contribution >= 4 is 0 Å². The molecular formula is C13H12F2O2. The second-order valence-electron chi connectivity index (χ2n) is 3.97. The molecule has 0 fully saturated rings. The maximum Gasteiger partial charge on any atom is 0.126 e. The fourth-order valence-electron chi connectivity index (χ4n) is 1.83. The van der Waals surface area contributed by atoms with Crippen LogP contribution in [0.3, 0.4) is 0 Å². The second-order valence-corrected chi connectivity index (χ2v) is 3.97. The molecule has 0 aliphatic carbocycles. The van der Waals surface area contributed by atoms with Crippen molar-refractivity contribution in [2.75, 3.05) is 0 Å². The first kappa shape index (κ1) is 11.8. The Labute approximate surface area is 97.5 Å². The Hall–Kier alpha value is -1.68. The number of rotatable bonds is 2. The Morgan fingerprint density at radius 2 is 1.65 bits per heavy atom. The van der Waals surface area contributed by atoms with E-state index >= 15 is 0 Å². The topological polar surface area (TPSA) is 33.4 Å². The normalized spacial score (nSPS) is 12.8. The highest BCUT2D eigenvalue weighted by molar-refractivity contribution is 5.33. The van der Waals surface area contributed by atoms with Gasteiger partial charge in [0, 0.05) is 11.6 Å². The molecule has 0 spiro atoms. The predicted octanol–water partition coefficient (Wildman–Crippen LogP) is 3.26. The summed E-state index contributed by atoms with van der Waals surface area (Å²) in [6.45, 7) is 3.44. The van der Waals surface area contributed by atoms with Gasteiger partial charge in [0.1, 0.15) is 29.3 Å². The van der Waals surface area contributed by atoms with E-state index in [1.807, 2.05) is 0 Å². The van der Waals surface area contributed by atoms with Crippen molar-refractivity contribution in [3.63, 3.8) is 0 Å². The predicted molar refractivity (Wildman–Crippen MR) is 58.6 cm³/mol. The van der Waals surface area contributed by atoms with Crippen LogP contribution >= 0.6 is 0 Å².